The summed E-state index contributed by atoms with van der Waals surface area (Å²) in [5, 5.41) is 16.1. The Bertz CT molecular complexity index is 1030. The second kappa shape index (κ2) is 7.63. The Morgan fingerprint density at radius 3 is 2.74 bits per heavy atom. The van der Waals surface area contributed by atoms with E-state index in [1.165, 1.54) is 23.9 Å². The first-order chi connectivity index (χ1) is 12.9. The SMILES string of the molecule is CC(C)C(=O)Nc1cc([N+](=O)[O-])c(Sc2cccc3cnccc23)cc1N. The Kier molecular flexibility index (Phi) is 5.27. The van der Waals surface area contributed by atoms with Crippen LogP contribution in [0, 0.1) is 16.0 Å². The number of amides is 1. The number of aromatic nitrogens is 1. The topological polar surface area (TPSA) is 111 Å². The molecule has 8 heteroatoms. The van der Waals surface area contributed by atoms with Gasteiger partial charge >= 0.3 is 0 Å². The molecule has 0 atom stereocenters. The van der Waals surface area contributed by atoms with Crippen LogP contribution in [-0.4, -0.2) is 15.8 Å². The van der Waals surface area contributed by atoms with Gasteiger partial charge < -0.3 is 11.1 Å². The molecule has 0 radical (unpaired) electrons. The van der Waals surface area contributed by atoms with Crippen LogP contribution in [0.15, 0.2) is 58.6 Å². The standard InChI is InChI=1S/C19H18N4O3S/c1-11(2)19(24)22-15-9-16(23(25)26)18(8-14(15)20)27-17-5-3-4-12-10-21-7-6-13(12)17/h3-11H,20H2,1-2H3,(H,22,24). The highest BCUT2D eigenvalue weighted by Crippen LogP contribution is 2.41. The fraction of sp³-hybridized carbons (Fsp3) is 0.158. The van der Waals surface area contributed by atoms with Crippen molar-refractivity contribution < 1.29 is 9.72 Å². The lowest BCUT2D eigenvalue weighted by molar-refractivity contribution is -0.387. The van der Waals surface area contributed by atoms with Crippen LogP contribution in [0.2, 0.25) is 0 Å². The number of pyridine rings is 1. The third-order valence-electron chi connectivity index (χ3n) is 3.97. The van der Waals surface area contributed by atoms with Gasteiger partial charge in [0.1, 0.15) is 0 Å². The Morgan fingerprint density at radius 1 is 1.26 bits per heavy atom. The molecule has 0 saturated heterocycles. The number of hydrogen-bond donors (Lipinski definition) is 2. The molecule has 0 bridgehead atoms. The van der Waals surface area contributed by atoms with Crippen LogP contribution in [0.5, 0.6) is 0 Å². The summed E-state index contributed by atoms with van der Waals surface area (Å²) >= 11 is 1.26. The second-order valence-electron chi connectivity index (χ2n) is 6.26. The number of hydrogen-bond acceptors (Lipinski definition) is 6. The van der Waals surface area contributed by atoms with Crippen LogP contribution >= 0.6 is 11.8 Å². The van der Waals surface area contributed by atoms with Gasteiger partial charge in [-0.25, -0.2) is 0 Å². The summed E-state index contributed by atoms with van der Waals surface area (Å²) < 4.78 is 0. The van der Waals surface area contributed by atoms with Crippen molar-refractivity contribution in [1.82, 2.24) is 4.98 Å². The molecular weight excluding hydrogens is 364 g/mol. The van der Waals surface area contributed by atoms with Crippen molar-refractivity contribution in [3.63, 3.8) is 0 Å². The van der Waals surface area contributed by atoms with Crippen molar-refractivity contribution in [2.45, 2.75) is 23.6 Å². The number of rotatable bonds is 5. The third kappa shape index (κ3) is 4.01. The molecule has 2 aromatic carbocycles. The summed E-state index contributed by atoms with van der Waals surface area (Å²) in [6.45, 7) is 3.47. The minimum Gasteiger partial charge on any atom is -0.397 e. The molecule has 1 heterocycles. The van der Waals surface area contributed by atoms with Crippen LogP contribution < -0.4 is 11.1 Å². The van der Waals surface area contributed by atoms with Gasteiger partial charge in [0.2, 0.25) is 5.91 Å². The number of nitrogens with one attached hydrogen (secondary N) is 1. The molecule has 1 aromatic heterocycles. The number of nitrogen functional groups attached to an aromatic ring is 1. The largest absolute Gasteiger partial charge is 0.397 e. The second-order valence-corrected chi connectivity index (χ2v) is 7.35. The summed E-state index contributed by atoms with van der Waals surface area (Å²) in [5.41, 5.74) is 6.45. The lowest BCUT2D eigenvalue weighted by atomic mass is 10.2. The predicted molar refractivity (Wildman–Crippen MR) is 107 cm³/mol. The van der Waals surface area contributed by atoms with E-state index in [2.05, 4.69) is 10.3 Å². The minimum atomic E-state index is -0.473. The normalized spacial score (nSPS) is 10.9. The van der Waals surface area contributed by atoms with E-state index in [1.54, 1.807) is 26.2 Å². The average molecular weight is 382 g/mol. The van der Waals surface area contributed by atoms with Gasteiger partial charge in [-0.3, -0.25) is 19.9 Å². The van der Waals surface area contributed by atoms with Gasteiger partial charge in [0.25, 0.3) is 5.69 Å². The number of benzene rings is 2. The van der Waals surface area contributed by atoms with E-state index in [0.717, 1.165) is 15.7 Å². The van der Waals surface area contributed by atoms with Crippen molar-refractivity contribution in [2.75, 3.05) is 11.1 Å². The zero-order valence-corrected chi connectivity index (χ0v) is 15.6. The van der Waals surface area contributed by atoms with Crippen LogP contribution in [-0.2, 0) is 4.79 Å². The molecule has 3 rings (SSSR count). The molecule has 0 spiro atoms. The van der Waals surface area contributed by atoms with Gasteiger partial charge in [-0.1, -0.05) is 37.7 Å². The fourth-order valence-corrected chi connectivity index (χ4v) is 3.60. The van der Waals surface area contributed by atoms with Crippen LogP contribution in [0.25, 0.3) is 10.8 Å². The van der Waals surface area contributed by atoms with Crippen LogP contribution in [0.3, 0.4) is 0 Å². The van der Waals surface area contributed by atoms with Crippen LogP contribution in [0.4, 0.5) is 17.1 Å². The quantitative estimate of drug-likeness (QED) is 0.382. The molecule has 0 aliphatic carbocycles. The molecule has 3 aromatic rings. The number of nitrogens with zero attached hydrogens (tertiary/aromatic N) is 2. The number of fused-ring (bicyclic) bond motifs is 1. The summed E-state index contributed by atoms with van der Waals surface area (Å²) in [6, 6.07) is 10.4. The van der Waals surface area contributed by atoms with Gasteiger partial charge in [0.05, 0.1) is 21.2 Å². The zero-order chi connectivity index (χ0) is 19.6. The number of carbonyl (C=O) groups is 1. The molecular formula is C19H18N4O3S. The molecule has 1 amide bonds. The van der Waals surface area contributed by atoms with E-state index < -0.39 is 4.92 Å². The lowest BCUT2D eigenvalue weighted by Gasteiger charge is -2.13. The smallest absolute Gasteiger partial charge is 0.285 e. The van der Waals surface area contributed by atoms with Crippen molar-refractivity contribution in [3.8, 4) is 0 Å². The van der Waals surface area contributed by atoms with Crippen molar-refractivity contribution >= 4 is 45.5 Å². The van der Waals surface area contributed by atoms with Crippen LogP contribution in [0.1, 0.15) is 13.8 Å². The van der Waals surface area contributed by atoms with E-state index in [4.69, 9.17) is 5.73 Å². The molecule has 7 nitrogen and oxygen atoms in total. The molecule has 27 heavy (non-hydrogen) atoms. The average Bonchev–Trinajstić information content (AvgIpc) is 2.63. The number of nitro groups is 1. The molecule has 0 aliphatic heterocycles. The highest BCUT2D eigenvalue weighted by molar-refractivity contribution is 7.99. The monoisotopic (exact) mass is 382 g/mol. The first-order valence-electron chi connectivity index (χ1n) is 8.26. The molecule has 0 unspecified atom stereocenters. The summed E-state index contributed by atoms with van der Waals surface area (Å²) in [4.78, 5) is 28.4. The van der Waals surface area contributed by atoms with Gasteiger partial charge in [-0.15, -0.1) is 0 Å². The Hall–Kier alpha value is -3.13. The van der Waals surface area contributed by atoms with Crippen molar-refractivity contribution in [1.29, 1.82) is 0 Å². The number of carbonyl (C=O) groups excluding carboxylic acids is 1. The Labute approximate surface area is 160 Å². The number of nitro benzene ring substituents is 1. The first-order valence-corrected chi connectivity index (χ1v) is 9.08. The maximum absolute atomic E-state index is 11.9. The summed E-state index contributed by atoms with van der Waals surface area (Å²) in [7, 11) is 0. The van der Waals surface area contributed by atoms with Gasteiger partial charge in [-0.05, 0) is 23.6 Å². The molecule has 138 valence electrons. The van der Waals surface area contributed by atoms with E-state index in [0.29, 0.717) is 4.90 Å². The van der Waals surface area contributed by atoms with E-state index in [9.17, 15) is 14.9 Å². The minimum absolute atomic E-state index is 0.112. The molecule has 0 fully saturated rings. The molecule has 3 N–H and O–H groups in total. The maximum Gasteiger partial charge on any atom is 0.285 e. The maximum atomic E-state index is 11.9. The molecule has 0 saturated carbocycles. The highest BCUT2D eigenvalue weighted by Gasteiger charge is 2.20. The number of anilines is 2. The molecule has 0 aliphatic rings. The Balaban J connectivity index is 2.03. The van der Waals surface area contributed by atoms with Crippen molar-refractivity contribution in [3.05, 3.63) is 58.9 Å². The van der Waals surface area contributed by atoms with Gasteiger partial charge in [-0.2, -0.15) is 0 Å². The van der Waals surface area contributed by atoms with E-state index >= 15 is 0 Å². The van der Waals surface area contributed by atoms with E-state index in [1.807, 2.05) is 24.3 Å². The van der Waals surface area contributed by atoms with Crippen molar-refractivity contribution in [2.24, 2.45) is 5.92 Å². The summed E-state index contributed by atoms with van der Waals surface area (Å²) in [6.07, 6.45) is 3.42. The number of nitrogens with two attached hydrogens (primary N) is 1. The first kappa shape index (κ1) is 18.7. The predicted octanol–water partition coefficient (Wildman–Crippen LogP) is 4.47. The third-order valence-corrected chi connectivity index (χ3v) is 5.09. The van der Waals surface area contributed by atoms with Gasteiger partial charge in [0, 0.05) is 34.7 Å². The van der Waals surface area contributed by atoms with Gasteiger partial charge in [0.15, 0.2) is 0 Å². The highest BCUT2D eigenvalue weighted by atomic mass is 32.2. The lowest BCUT2D eigenvalue weighted by Crippen LogP contribution is -2.18. The van der Waals surface area contributed by atoms with E-state index in [-0.39, 0.29) is 28.9 Å². The fourth-order valence-electron chi connectivity index (χ4n) is 2.49. The Morgan fingerprint density at radius 2 is 2.04 bits per heavy atom. The zero-order valence-electron chi connectivity index (χ0n) is 14.8. The summed E-state index contributed by atoms with van der Waals surface area (Å²) in [5.74, 6) is -0.514.